The molecule has 26 heavy (non-hydrogen) atoms. The summed E-state index contributed by atoms with van der Waals surface area (Å²) in [6, 6.07) is 10.7. The molecule has 0 bridgehead atoms. The highest BCUT2D eigenvalue weighted by molar-refractivity contribution is 7.13. The van der Waals surface area contributed by atoms with Crippen LogP contribution in [0.2, 0.25) is 0 Å². The molecular formula is C18H25N3O4S. The van der Waals surface area contributed by atoms with E-state index in [1.165, 1.54) is 16.9 Å². The second kappa shape index (κ2) is 10.5. The number of nitrogen functional groups attached to an aromatic ring is 1. The van der Waals surface area contributed by atoms with Crippen molar-refractivity contribution in [2.45, 2.75) is 32.1 Å². The second-order valence-electron chi connectivity index (χ2n) is 5.81. The van der Waals surface area contributed by atoms with Crippen LogP contribution in [-0.4, -0.2) is 40.2 Å². The van der Waals surface area contributed by atoms with Crippen LogP contribution in [0.3, 0.4) is 0 Å². The van der Waals surface area contributed by atoms with E-state index >= 15 is 0 Å². The van der Waals surface area contributed by atoms with Crippen molar-refractivity contribution in [3.8, 4) is 0 Å². The standard InChI is InChI=1S/C14H17N3S.2C2H4O2/c15-13-17-12(10-18-13)14(6-8-16-9-7-14)11-4-2-1-3-5-11;2*1-2(3)4/h1-5,10,16H,6-9H2,(H2,15,17);2*1H3,(H,3,4). The number of nitrogens with two attached hydrogens (primary N) is 1. The van der Waals surface area contributed by atoms with E-state index < -0.39 is 11.9 Å². The van der Waals surface area contributed by atoms with Crippen LogP contribution in [0.25, 0.3) is 0 Å². The van der Waals surface area contributed by atoms with Gasteiger partial charge in [0.25, 0.3) is 11.9 Å². The minimum absolute atomic E-state index is 0.0423. The third-order valence-electron chi connectivity index (χ3n) is 3.80. The molecule has 3 rings (SSSR count). The van der Waals surface area contributed by atoms with Gasteiger partial charge in [0.05, 0.1) is 5.69 Å². The van der Waals surface area contributed by atoms with Gasteiger partial charge in [0.1, 0.15) is 0 Å². The van der Waals surface area contributed by atoms with E-state index in [1.54, 1.807) is 0 Å². The first kappa shape index (κ1) is 21.6. The van der Waals surface area contributed by atoms with Crippen molar-refractivity contribution in [3.05, 3.63) is 47.0 Å². The van der Waals surface area contributed by atoms with Crippen molar-refractivity contribution in [1.29, 1.82) is 0 Å². The molecule has 8 heteroatoms. The van der Waals surface area contributed by atoms with Crippen molar-refractivity contribution in [1.82, 2.24) is 10.3 Å². The smallest absolute Gasteiger partial charge is 0.300 e. The number of aromatic nitrogens is 1. The fourth-order valence-electron chi connectivity index (χ4n) is 2.81. The van der Waals surface area contributed by atoms with Crippen molar-refractivity contribution < 1.29 is 19.8 Å². The Bertz CT molecular complexity index is 677. The van der Waals surface area contributed by atoms with Gasteiger partial charge in [0, 0.05) is 24.6 Å². The molecule has 1 aliphatic heterocycles. The molecule has 0 atom stereocenters. The molecule has 0 aliphatic carbocycles. The molecule has 5 N–H and O–H groups in total. The van der Waals surface area contributed by atoms with E-state index in [4.69, 9.17) is 25.5 Å². The second-order valence-corrected chi connectivity index (χ2v) is 6.70. The molecule has 2 heterocycles. The summed E-state index contributed by atoms with van der Waals surface area (Å²) in [5, 5.41) is 21.0. The van der Waals surface area contributed by atoms with Crippen LogP contribution in [0.5, 0.6) is 0 Å². The summed E-state index contributed by atoms with van der Waals surface area (Å²) < 4.78 is 0. The molecule has 0 amide bonds. The summed E-state index contributed by atoms with van der Waals surface area (Å²) in [5.41, 5.74) is 8.35. The van der Waals surface area contributed by atoms with Crippen LogP contribution >= 0.6 is 11.3 Å². The average molecular weight is 379 g/mol. The Kier molecular flexibility index (Phi) is 8.74. The number of thiazole rings is 1. The maximum absolute atomic E-state index is 9.00. The van der Waals surface area contributed by atoms with Gasteiger partial charge in [-0.15, -0.1) is 11.3 Å². The number of hydrogen-bond donors (Lipinski definition) is 4. The lowest BCUT2D eigenvalue weighted by Crippen LogP contribution is -2.41. The molecule has 1 saturated heterocycles. The molecule has 0 spiro atoms. The van der Waals surface area contributed by atoms with Crippen LogP contribution in [0.4, 0.5) is 5.13 Å². The third kappa shape index (κ3) is 6.81. The van der Waals surface area contributed by atoms with Crippen LogP contribution in [0.15, 0.2) is 35.7 Å². The van der Waals surface area contributed by atoms with Gasteiger partial charge in [0.15, 0.2) is 5.13 Å². The van der Waals surface area contributed by atoms with Crippen molar-refractivity contribution >= 4 is 28.4 Å². The zero-order chi connectivity index (χ0) is 19.6. The van der Waals surface area contributed by atoms with Crippen LogP contribution in [0.1, 0.15) is 37.9 Å². The summed E-state index contributed by atoms with van der Waals surface area (Å²) >= 11 is 1.54. The maximum Gasteiger partial charge on any atom is 0.300 e. The zero-order valence-corrected chi connectivity index (χ0v) is 15.8. The van der Waals surface area contributed by atoms with Gasteiger partial charge in [-0.25, -0.2) is 4.98 Å². The lowest BCUT2D eigenvalue weighted by molar-refractivity contribution is -0.135. The van der Waals surface area contributed by atoms with Crippen LogP contribution in [-0.2, 0) is 15.0 Å². The molecule has 1 fully saturated rings. The lowest BCUT2D eigenvalue weighted by Gasteiger charge is -2.37. The number of carbonyl (C=O) groups is 2. The lowest BCUT2D eigenvalue weighted by atomic mass is 9.71. The Morgan fingerprint density at radius 2 is 1.62 bits per heavy atom. The first-order chi connectivity index (χ1) is 12.3. The summed E-state index contributed by atoms with van der Waals surface area (Å²) in [7, 11) is 0. The molecule has 142 valence electrons. The quantitative estimate of drug-likeness (QED) is 0.632. The zero-order valence-electron chi connectivity index (χ0n) is 14.9. The van der Waals surface area contributed by atoms with Crippen LogP contribution < -0.4 is 11.1 Å². The Morgan fingerprint density at radius 1 is 1.12 bits per heavy atom. The number of aliphatic carboxylic acids is 2. The summed E-state index contributed by atoms with van der Waals surface area (Å²) in [5.74, 6) is -1.67. The number of hydrogen-bond acceptors (Lipinski definition) is 6. The fraction of sp³-hybridized carbons (Fsp3) is 0.389. The number of carboxylic acid groups (broad SMARTS) is 2. The summed E-state index contributed by atoms with van der Waals surface area (Å²) in [4.78, 5) is 22.6. The molecule has 1 aliphatic rings. The van der Waals surface area contributed by atoms with E-state index in [9.17, 15) is 0 Å². The molecule has 7 nitrogen and oxygen atoms in total. The Morgan fingerprint density at radius 3 is 2.04 bits per heavy atom. The number of benzene rings is 1. The Labute approximate surface area is 156 Å². The van der Waals surface area contributed by atoms with Gasteiger partial charge in [-0.05, 0) is 31.5 Å². The topological polar surface area (TPSA) is 126 Å². The SMILES string of the molecule is CC(=O)O.CC(=O)O.Nc1nc(C2(c3ccccc3)CCNCC2)cs1. The van der Waals surface area contributed by atoms with E-state index in [-0.39, 0.29) is 5.41 Å². The van der Waals surface area contributed by atoms with Crippen molar-refractivity contribution in [2.75, 3.05) is 18.8 Å². The van der Waals surface area contributed by atoms with E-state index in [0.29, 0.717) is 5.13 Å². The minimum atomic E-state index is -0.833. The molecule has 0 radical (unpaired) electrons. The molecule has 0 saturated carbocycles. The maximum atomic E-state index is 9.00. The highest BCUT2D eigenvalue weighted by atomic mass is 32.1. The van der Waals surface area contributed by atoms with E-state index in [2.05, 4.69) is 46.0 Å². The van der Waals surface area contributed by atoms with Gasteiger partial charge < -0.3 is 21.3 Å². The largest absolute Gasteiger partial charge is 0.481 e. The van der Waals surface area contributed by atoms with Gasteiger partial charge in [-0.1, -0.05) is 30.3 Å². The fourth-order valence-corrected chi connectivity index (χ4v) is 3.47. The predicted molar refractivity (Wildman–Crippen MR) is 102 cm³/mol. The van der Waals surface area contributed by atoms with Crippen molar-refractivity contribution in [2.24, 2.45) is 0 Å². The first-order valence-electron chi connectivity index (χ1n) is 8.14. The van der Waals surface area contributed by atoms with Gasteiger partial charge in [0.2, 0.25) is 0 Å². The van der Waals surface area contributed by atoms with Crippen LogP contribution in [0, 0.1) is 0 Å². The molecule has 1 aromatic heterocycles. The molecule has 2 aromatic rings. The summed E-state index contributed by atoms with van der Waals surface area (Å²) in [6.45, 7) is 4.23. The highest BCUT2D eigenvalue weighted by Gasteiger charge is 2.37. The van der Waals surface area contributed by atoms with E-state index in [0.717, 1.165) is 45.5 Å². The van der Waals surface area contributed by atoms with Gasteiger partial charge in [-0.2, -0.15) is 0 Å². The van der Waals surface area contributed by atoms with Gasteiger partial charge in [-0.3, -0.25) is 9.59 Å². The number of anilines is 1. The normalized spacial score (nSPS) is 14.8. The number of carboxylic acids is 2. The number of rotatable bonds is 2. The Hall–Kier alpha value is -2.45. The average Bonchev–Trinajstić information content (AvgIpc) is 3.02. The molecule has 1 aromatic carbocycles. The van der Waals surface area contributed by atoms with Gasteiger partial charge >= 0.3 is 0 Å². The number of nitrogens with one attached hydrogen (secondary N) is 1. The summed E-state index contributed by atoms with van der Waals surface area (Å²) in [6.07, 6.45) is 2.17. The number of piperidine rings is 1. The molecule has 0 unspecified atom stereocenters. The Balaban J connectivity index is 0.000000360. The third-order valence-corrected chi connectivity index (χ3v) is 4.47. The van der Waals surface area contributed by atoms with E-state index in [1.807, 2.05) is 0 Å². The molecular weight excluding hydrogens is 354 g/mol. The predicted octanol–water partition coefficient (Wildman–Crippen LogP) is 2.58. The minimum Gasteiger partial charge on any atom is -0.481 e. The van der Waals surface area contributed by atoms with Crippen molar-refractivity contribution in [3.63, 3.8) is 0 Å². The highest BCUT2D eigenvalue weighted by Crippen LogP contribution is 2.40. The monoisotopic (exact) mass is 379 g/mol. The number of nitrogens with zero attached hydrogens (tertiary/aromatic N) is 1. The first-order valence-corrected chi connectivity index (χ1v) is 9.02.